The molecule has 0 saturated heterocycles. The van der Waals surface area contributed by atoms with Gasteiger partial charge in [0.05, 0.1) is 0 Å². The molecule has 2 aliphatic carbocycles. The van der Waals surface area contributed by atoms with Gasteiger partial charge in [-0.25, -0.2) is 4.79 Å². The lowest BCUT2D eigenvalue weighted by atomic mass is 9.75. The fourth-order valence-electron chi connectivity index (χ4n) is 4.05. The second-order valence-corrected chi connectivity index (χ2v) is 8.97. The number of hydrogen-bond acceptors (Lipinski definition) is 4. The van der Waals surface area contributed by atoms with Crippen molar-refractivity contribution in [2.24, 2.45) is 10.8 Å². The van der Waals surface area contributed by atoms with E-state index in [9.17, 15) is 14.4 Å². The molecule has 5 heteroatoms. The molecule has 0 amide bonds. The van der Waals surface area contributed by atoms with Crippen molar-refractivity contribution < 1.29 is 14.3 Å². The van der Waals surface area contributed by atoms with Crippen LogP contribution in [0.2, 0.25) is 0 Å². The molecule has 1 aromatic rings. The summed E-state index contributed by atoms with van der Waals surface area (Å²) >= 11 is 0. The number of nitrogens with one attached hydrogen (secondary N) is 1. The van der Waals surface area contributed by atoms with Crippen molar-refractivity contribution in [1.82, 2.24) is 4.98 Å². The lowest BCUT2D eigenvalue weighted by Crippen LogP contribution is -2.38. The highest BCUT2D eigenvalue weighted by Gasteiger charge is 2.37. The highest BCUT2D eigenvalue weighted by Crippen LogP contribution is 2.38. The molecule has 1 unspecified atom stereocenters. The number of esters is 1. The Morgan fingerprint density at radius 1 is 1.16 bits per heavy atom. The van der Waals surface area contributed by atoms with Gasteiger partial charge in [-0.05, 0) is 37.2 Å². The number of carbonyl (C=O) groups excluding carboxylic acids is 2. The van der Waals surface area contributed by atoms with E-state index in [1.165, 1.54) is 6.07 Å². The van der Waals surface area contributed by atoms with Crippen molar-refractivity contribution in [3.8, 4) is 0 Å². The highest BCUT2D eigenvalue weighted by atomic mass is 16.5. The van der Waals surface area contributed by atoms with Gasteiger partial charge in [0.2, 0.25) is 0 Å². The Morgan fingerprint density at radius 2 is 1.88 bits per heavy atom. The van der Waals surface area contributed by atoms with Gasteiger partial charge in [0, 0.05) is 23.1 Å². The molecule has 2 aliphatic rings. The topological polar surface area (TPSA) is 76.2 Å². The molecule has 0 spiro atoms. The van der Waals surface area contributed by atoms with Crippen LogP contribution < -0.4 is 5.56 Å². The van der Waals surface area contributed by atoms with Crippen molar-refractivity contribution in [2.45, 2.75) is 72.3 Å². The van der Waals surface area contributed by atoms with Gasteiger partial charge < -0.3 is 9.72 Å². The van der Waals surface area contributed by atoms with Crippen LogP contribution >= 0.6 is 0 Å². The zero-order chi connectivity index (χ0) is 18.4. The monoisotopic (exact) mass is 345 g/mol. The number of hydrogen-bond donors (Lipinski definition) is 1. The summed E-state index contributed by atoms with van der Waals surface area (Å²) < 4.78 is 5.67. The molecule has 1 heterocycles. The normalized spacial score (nSPS) is 24.5. The Labute approximate surface area is 148 Å². The summed E-state index contributed by atoms with van der Waals surface area (Å²) in [6, 6.07) is 1.43. The molecule has 5 nitrogen and oxygen atoms in total. The number of aromatic amines is 1. The molecule has 1 aromatic heterocycles. The summed E-state index contributed by atoms with van der Waals surface area (Å²) in [5.74, 6) is -0.656. The Morgan fingerprint density at radius 3 is 2.56 bits per heavy atom. The van der Waals surface area contributed by atoms with Gasteiger partial charge in [0.25, 0.3) is 5.56 Å². The van der Waals surface area contributed by atoms with E-state index in [-0.39, 0.29) is 28.3 Å². The van der Waals surface area contributed by atoms with Gasteiger partial charge in [0.15, 0.2) is 5.78 Å². The molecule has 1 fully saturated rings. The van der Waals surface area contributed by atoms with Crippen molar-refractivity contribution in [1.29, 1.82) is 0 Å². The van der Waals surface area contributed by atoms with Crippen LogP contribution in [0.1, 0.15) is 86.2 Å². The molecule has 1 saturated carbocycles. The first kappa shape index (κ1) is 17.9. The number of Topliss-reactive ketones (excluding diaryl/α,β-unsaturated/α-hetero) is 1. The van der Waals surface area contributed by atoms with E-state index < -0.39 is 11.5 Å². The predicted molar refractivity (Wildman–Crippen MR) is 94.9 cm³/mol. The zero-order valence-electron chi connectivity index (χ0n) is 15.5. The summed E-state index contributed by atoms with van der Waals surface area (Å²) in [6.45, 7) is 8.18. The lowest BCUT2D eigenvalue weighted by Gasteiger charge is -2.37. The second-order valence-electron chi connectivity index (χ2n) is 8.97. The predicted octanol–water partition coefficient (Wildman–Crippen LogP) is 3.66. The summed E-state index contributed by atoms with van der Waals surface area (Å²) in [4.78, 5) is 40.1. The third kappa shape index (κ3) is 3.55. The molecule has 1 N–H and O–H groups in total. The van der Waals surface area contributed by atoms with Crippen LogP contribution in [-0.2, 0) is 11.2 Å². The molecule has 25 heavy (non-hydrogen) atoms. The van der Waals surface area contributed by atoms with E-state index in [1.807, 2.05) is 13.8 Å². The first-order valence-electron chi connectivity index (χ1n) is 9.09. The zero-order valence-corrected chi connectivity index (χ0v) is 15.5. The Balaban J connectivity index is 1.88. The fraction of sp³-hybridized carbons (Fsp3) is 0.650. The maximum atomic E-state index is 12.6. The van der Waals surface area contributed by atoms with E-state index >= 15 is 0 Å². The Hall–Kier alpha value is -1.91. The molecule has 136 valence electrons. The highest BCUT2D eigenvalue weighted by molar-refractivity contribution is 6.01. The average Bonchev–Trinajstić information content (AvgIpc) is 2.47. The van der Waals surface area contributed by atoms with Crippen molar-refractivity contribution in [2.75, 3.05) is 0 Å². The van der Waals surface area contributed by atoms with Crippen LogP contribution in [0.15, 0.2) is 10.9 Å². The number of fused-ring (bicyclic) bond motifs is 1. The van der Waals surface area contributed by atoms with Gasteiger partial charge in [0.1, 0.15) is 11.7 Å². The number of carbonyl (C=O) groups is 2. The van der Waals surface area contributed by atoms with Crippen LogP contribution in [0.4, 0.5) is 0 Å². The number of aromatic nitrogens is 1. The lowest BCUT2D eigenvalue weighted by molar-refractivity contribution is -0.0265. The minimum atomic E-state index is -0.623. The van der Waals surface area contributed by atoms with Crippen molar-refractivity contribution in [3.05, 3.63) is 33.2 Å². The summed E-state index contributed by atoms with van der Waals surface area (Å²) in [6.07, 6.45) is 4.80. The van der Waals surface area contributed by atoms with Gasteiger partial charge in [-0.3, -0.25) is 9.59 Å². The number of ketones is 1. The van der Waals surface area contributed by atoms with Crippen LogP contribution in [0.3, 0.4) is 0 Å². The largest absolute Gasteiger partial charge is 0.458 e. The number of H-pyrrole nitrogens is 1. The first-order valence-corrected chi connectivity index (χ1v) is 9.09. The quantitative estimate of drug-likeness (QED) is 0.830. The third-order valence-electron chi connectivity index (χ3n) is 5.60. The molecule has 3 rings (SSSR count). The van der Waals surface area contributed by atoms with E-state index in [4.69, 9.17) is 4.74 Å². The summed E-state index contributed by atoms with van der Waals surface area (Å²) in [7, 11) is 0. The van der Waals surface area contributed by atoms with Crippen LogP contribution in [0.5, 0.6) is 0 Å². The molecule has 0 radical (unpaired) electrons. The van der Waals surface area contributed by atoms with Gasteiger partial charge in [-0.15, -0.1) is 0 Å². The standard InChI is InChI=1S/C20H27NO4/c1-19(2)10-14-12(15(22)11-19)9-13(17(23)21-14)18(24)25-16-7-5-6-8-20(16,3)4/h9,16H,5-8,10-11H2,1-4H3,(H,21,23). The van der Waals surface area contributed by atoms with Gasteiger partial charge in [-0.2, -0.15) is 0 Å². The third-order valence-corrected chi connectivity index (χ3v) is 5.60. The molecular formula is C20H27NO4. The smallest absolute Gasteiger partial charge is 0.344 e. The van der Waals surface area contributed by atoms with Crippen molar-refractivity contribution >= 4 is 11.8 Å². The van der Waals surface area contributed by atoms with Crippen LogP contribution in [0, 0.1) is 10.8 Å². The number of pyridine rings is 1. The maximum Gasteiger partial charge on any atom is 0.344 e. The van der Waals surface area contributed by atoms with E-state index in [1.54, 1.807) is 0 Å². The first-order chi connectivity index (χ1) is 11.6. The average molecular weight is 345 g/mol. The summed E-state index contributed by atoms with van der Waals surface area (Å²) in [5, 5.41) is 0. The van der Waals surface area contributed by atoms with Gasteiger partial charge >= 0.3 is 5.97 Å². The SMILES string of the molecule is CC1(C)CC(=O)c2cc(C(=O)OC3CCCCC3(C)C)c(=O)[nH]c2C1. The van der Waals surface area contributed by atoms with Crippen LogP contribution in [0.25, 0.3) is 0 Å². The molecule has 0 aromatic carbocycles. The van der Waals surface area contributed by atoms with Crippen LogP contribution in [-0.4, -0.2) is 22.8 Å². The molecular weight excluding hydrogens is 318 g/mol. The molecule has 0 bridgehead atoms. The number of ether oxygens (including phenoxy) is 1. The Bertz CT molecular complexity index is 772. The van der Waals surface area contributed by atoms with E-state index in [0.717, 1.165) is 25.7 Å². The van der Waals surface area contributed by atoms with Gasteiger partial charge in [-0.1, -0.05) is 34.1 Å². The van der Waals surface area contributed by atoms with E-state index in [2.05, 4.69) is 18.8 Å². The number of rotatable bonds is 2. The van der Waals surface area contributed by atoms with E-state index in [0.29, 0.717) is 24.1 Å². The summed E-state index contributed by atoms with van der Waals surface area (Å²) in [5.41, 5.74) is 0.279. The van der Waals surface area contributed by atoms with Crippen molar-refractivity contribution in [3.63, 3.8) is 0 Å². The maximum absolute atomic E-state index is 12.6. The molecule has 1 atom stereocenters. The minimum absolute atomic E-state index is 0.0328. The fourth-order valence-corrected chi connectivity index (χ4v) is 4.05. The minimum Gasteiger partial charge on any atom is -0.458 e. The second kappa shape index (κ2) is 6.11. The molecule has 0 aliphatic heterocycles. The Kier molecular flexibility index (Phi) is 4.38.